The predicted molar refractivity (Wildman–Crippen MR) is 69.7 cm³/mol. The largest absolute Gasteiger partial charge is 0.396 e. The third-order valence-electron chi connectivity index (χ3n) is 2.66. The van der Waals surface area contributed by atoms with E-state index in [1.807, 2.05) is 0 Å². The number of anilines is 1. The monoisotopic (exact) mass is 253 g/mol. The maximum absolute atomic E-state index is 10.7. The van der Waals surface area contributed by atoms with Crippen LogP contribution < -0.4 is 5.32 Å². The third-order valence-corrected chi connectivity index (χ3v) is 2.66. The van der Waals surface area contributed by atoms with Crippen LogP contribution in [0.2, 0.25) is 0 Å². The lowest BCUT2D eigenvalue weighted by atomic mass is 10.2. The van der Waals surface area contributed by atoms with Crippen LogP contribution >= 0.6 is 0 Å². The van der Waals surface area contributed by atoms with Gasteiger partial charge in [0.2, 0.25) is 0 Å². The van der Waals surface area contributed by atoms with Crippen LogP contribution in [-0.4, -0.2) is 28.2 Å². The van der Waals surface area contributed by atoms with Crippen molar-refractivity contribution < 1.29 is 10.0 Å². The van der Waals surface area contributed by atoms with Gasteiger partial charge in [-0.15, -0.1) is 0 Å². The number of hydrogen-bond acceptors (Lipinski definition) is 5. The van der Waals surface area contributed by atoms with E-state index in [-0.39, 0.29) is 12.3 Å². The first kappa shape index (κ1) is 14.4. The summed E-state index contributed by atoms with van der Waals surface area (Å²) in [5.74, 6) is 0.537. The molecule has 1 aromatic rings. The summed E-state index contributed by atoms with van der Waals surface area (Å²) in [6, 6.07) is 1.46. The van der Waals surface area contributed by atoms with Gasteiger partial charge in [-0.25, -0.2) is 4.98 Å². The van der Waals surface area contributed by atoms with Crippen LogP contribution in [0.4, 0.5) is 11.5 Å². The average Bonchev–Trinajstić information content (AvgIpc) is 2.35. The second-order valence-corrected chi connectivity index (χ2v) is 4.18. The number of rotatable bonds is 8. The van der Waals surface area contributed by atoms with Crippen LogP contribution in [0.1, 0.15) is 31.2 Å². The number of nitrogens with zero attached hydrogens (tertiary/aromatic N) is 2. The van der Waals surface area contributed by atoms with E-state index >= 15 is 0 Å². The first-order valence-electron chi connectivity index (χ1n) is 6.11. The van der Waals surface area contributed by atoms with E-state index in [9.17, 15) is 10.1 Å². The molecule has 18 heavy (non-hydrogen) atoms. The van der Waals surface area contributed by atoms with E-state index in [1.165, 1.54) is 12.3 Å². The molecule has 6 heteroatoms. The summed E-state index contributed by atoms with van der Waals surface area (Å²) in [6.45, 7) is 2.64. The van der Waals surface area contributed by atoms with Crippen molar-refractivity contribution in [1.82, 2.24) is 4.98 Å². The highest BCUT2D eigenvalue weighted by atomic mass is 16.6. The summed E-state index contributed by atoms with van der Waals surface area (Å²) in [4.78, 5) is 14.4. The van der Waals surface area contributed by atoms with Crippen LogP contribution in [0.25, 0.3) is 0 Å². The van der Waals surface area contributed by atoms with Crippen molar-refractivity contribution in [2.45, 2.75) is 32.6 Å². The molecule has 1 aromatic heterocycles. The van der Waals surface area contributed by atoms with Crippen molar-refractivity contribution in [2.24, 2.45) is 0 Å². The van der Waals surface area contributed by atoms with Gasteiger partial charge in [-0.05, 0) is 19.8 Å². The first-order chi connectivity index (χ1) is 8.65. The molecule has 0 saturated heterocycles. The lowest BCUT2D eigenvalue weighted by Crippen LogP contribution is -2.04. The van der Waals surface area contributed by atoms with E-state index in [4.69, 9.17) is 5.11 Å². The molecule has 1 heterocycles. The van der Waals surface area contributed by atoms with Gasteiger partial charge in [0, 0.05) is 24.9 Å². The summed E-state index contributed by atoms with van der Waals surface area (Å²) in [7, 11) is 0. The maximum Gasteiger partial charge on any atom is 0.277 e. The summed E-state index contributed by atoms with van der Waals surface area (Å²) in [5, 5.41) is 22.4. The summed E-state index contributed by atoms with van der Waals surface area (Å²) in [5.41, 5.74) is 0.654. The predicted octanol–water partition coefficient (Wildman–Crippen LogP) is 2.26. The zero-order valence-corrected chi connectivity index (χ0v) is 10.6. The van der Waals surface area contributed by atoms with Crippen molar-refractivity contribution in [2.75, 3.05) is 18.5 Å². The minimum Gasteiger partial charge on any atom is -0.396 e. The van der Waals surface area contributed by atoms with E-state index in [0.717, 1.165) is 32.2 Å². The fourth-order valence-corrected chi connectivity index (χ4v) is 1.61. The Kier molecular flexibility index (Phi) is 6.07. The van der Waals surface area contributed by atoms with Crippen molar-refractivity contribution in [3.63, 3.8) is 0 Å². The number of aliphatic hydroxyl groups is 1. The van der Waals surface area contributed by atoms with Gasteiger partial charge >= 0.3 is 0 Å². The summed E-state index contributed by atoms with van der Waals surface area (Å²) in [6.07, 6.45) is 5.32. The standard InChI is InChI=1S/C12H19N3O3/c1-10-9-14-12(8-11(10)15(17)18)13-6-4-2-3-5-7-16/h8-9,16H,2-7H2,1H3,(H,13,14). The lowest BCUT2D eigenvalue weighted by Gasteiger charge is -2.06. The molecule has 6 nitrogen and oxygen atoms in total. The fourth-order valence-electron chi connectivity index (χ4n) is 1.61. The minimum absolute atomic E-state index is 0.0905. The minimum atomic E-state index is -0.399. The molecule has 0 fully saturated rings. The molecule has 0 aromatic carbocycles. The molecule has 100 valence electrons. The Morgan fingerprint density at radius 1 is 1.39 bits per heavy atom. The Bertz CT molecular complexity index is 396. The first-order valence-corrected chi connectivity index (χ1v) is 6.11. The van der Waals surface area contributed by atoms with Crippen molar-refractivity contribution in [1.29, 1.82) is 0 Å². The smallest absolute Gasteiger partial charge is 0.277 e. The number of aliphatic hydroxyl groups excluding tert-OH is 1. The molecule has 0 amide bonds. The van der Waals surface area contributed by atoms with Crippen molar-refractivity contribution in [3.05, 3.63) is 27.9 Å². The van der Waals surface area contributed by atoms with Gasteiger partial charge in [0.05, 0.1) is 11.0 Å². The molecular weight excluding hydrogens is 234 g/mol. The molecule has 0 bridgehead atoms. The highest BCUT2D eigenvalue weighted by Gasteiger charge is 2.11. The van der Waals surface area contributed by atoms with Gasteiger partial charge in [0.25, 0.3) is 5.69 Å². The van der Waals surface area contributed by atoms with Crippen LogP contribution in [0.3, 0.4) is 0 Å². The Morgan fingerprint density at radius 2 is 2.11 bits per heavy atom. The molecule has 0 aliphatic rings. The molecule has 0 aliphatic carbocycles. The number of aromatic nitrogens is 1. The molecule has 1 rings (SSSR count). The second-order valence-electron chi connectivity index (χ2n) is 4.18. The Hall–Kier alpha value is -1.69. The molecule has 0 radical (unpaired) electrons. The van der Waals surface area contributed by atoms with E-state index < -0.39 is 4.92 Å². The molecule has 0 spiro atoms. The second kappa shape index (κ2) is 7.60. The Balaban J connectivity index is 2.38. The van der Waals surface area contributed by atoms with E-state index in [2.05, 4.69) is 10.3 Å². The number of aryl methyl sites for hydroxylation is 1. The number of pyridine rings is 1. The van der Waals surface area contributed by atoms with Gasteiger partial charge in [0.15, 0.2) is 0 Å². The maximum atomic E-state index is 10.7. The topological polar surface area (TPSA) is 88.3 Å². The molecule has 0 aliphatic heterocycles. The van der Waals surface area contributed by atoms with Crippen LogP contribution in [0.15, 0.2) is 12.3 Å². The zero-order chi connectivity index (χ0) is 13.4. The summed E-state index contributed by atoms with van der Waals surface area (Å²) < 4.78 is 0. The fraction of sp³-hybridized carbons (Fsp3) is 0.583. The van der Waals surface area contributed by atoms with Gasteiger partial charge < -0.3 is 10.4 Å². The highest BCUT2D eigenvalue weighted by Crippen LogP contribution is 2.19. The van der Waals surface area contributed by atoms with E-state index in [0.29, 0.717) is 11.4 Å². The molecule has 2 N–H and O–H groups in total. The SMILES string of the molecule is Cc1cnc(NCCCCCCO)cc1[N+](=O)[O-]. The van der Waals surface area contributed by atoms with Crippen LogP contribution in [0.5, 0.6) is 0 Å². The van der Waals surface area contributed by atoms with Gasteiger partial charge in [-0.1, -0.05) is 12.8 Å². The van der Waals surface area contributed by atoms with Crippen LogP contribution in [-0.2, 0) is 0 Å². The quantitative estimate of drug-likeness (QED) is 0.421. The third kappa shape index (κ3) is 4.67. The number of nitro groups is 1. The number of unbranched alkanes of at least 4 members (excludes halogenated alkanes) is 3. The van der Waals surface area contributed by atoms with Gasteiger partial charge in [-0.2, -0.15) is 0 Å². The Labute approximate surface area is 106 Å². The summed E-state index contributed by atoms with van der Waals surface area (Å²) >= 11 is 0. The van der Waals surface area contributed by atoms with Crippen molar-refractivity contribution in [3.8, 4) is 0 Å². The van der Waals surface area contributed by atoms with Crippen LogP contribution in [0, 0.1) is 17.0 Å². The molecule has 0 saturated carbocycles. The zero-order valence-electron chi connectivity index (χ0n) is 10.6. The van der Waals surface area contributed by atoms with E-state index in [1.54, 1.807) is 6.92 Å². The molecular formula is C12H19N3O3. The average molecular weight is 253 g/mol. The molecule has 0 unspecified atom stereocenters. The highest BCUT2D eigenvalue weighted by molar-refractivity contribution is 5.48. The molecule has 0 atom stereocenters. The number of nitrogens with one attached hydrogen (secondary N) is 1. The normalized spacial score (nSPS) is 10.3. The van der Waals surface area contributed by atoms with Gasteiger partial charge in [0.1, 0.15) is 5.82 Å². The lowest BCUT2D eigenvalue weighted by molar-refractivity contribution is -0.385. The van der Waals surface area contributed by atoms with Crippen molar-refractivity contribution >= 4 is 11.5 Å². The Morgan fingerprint density at radius 3 is 2.78 bits per heavy atom. The number of hydrogen-bond donors (Lipinski definition) is 2. The van der Waals surface area contributed by atoms with Gasteiger partial charge in [-0.3, -0.25) is 10.1 Å².